The molecule has 0 radical (unpaired) electrons. The Morgan fingerprint density at radius 2 is 1.12 bits per heavy atom. The van der Waals surface area contributed by atoms with E-state index in [2.05, 4.69) is 0 Å². The molecular weight excluding hydrogens is 196 g/mol. The molecule has 4 N–H and O–H groups in total. The molecule has 84 valence electrons. The number of allylic oxidation sites excluding steroid dienone is 4. The molecular formula is C14H18N2. The van der Waals surface area contributed by atoms with Crippen molar-refractivity contribution in [1.82, 2.24) is 0 Å². The quantitative estimate of drug-likeness (QED) is 0.647. The van der Waals surface area contributed by atoms with Gasteiger partial charge in [-0.3, -0.25) is 0 Å². The molecule has 2 aliphatic rings. The van der Waals surface area contributed by atoms with Crippen LogP contribution in [0.3, 0.4) is 0 Å². The Hall–Kier alpha value is -1.38. The molecule has 0 saturated carbocycles. The van der Waals surface area contributed by atoms with Gasteiger partial charge in [0.25, 0.3) is 0 Å². The topological polar surface area (TPSA) is 52.0 Å². The van der Waals surface area contributed by atoms with Gasteiger partial charge >= 0.3 is 0 Å². The van der Waals surface area contributed by atoms with Crippen molar-refractivity contribution in [2.24, 2.45) is 11.5 Å². The molecule has 2 heteroatoms. The Kier molecular flexibility index (Phi) is 2.49. The van der Waals surface area contributed by atoms with E-state index in [-0.39, 0.29) is 0 Å². The average Bonchev–Trinajstić information content (AvgIpc) is 2.18. The molecule has 16 heavy (non-hydrogen) atoms. The third-order valence-corrected chi connectivity index (χ3v) is 3.08. The highest BCUT2D eigenvalue weighted by molar-refractivity contribution is 5.54. The second kappa shape index (κ2) is 3.58. The summed E-state index contributed by atoms with van der Waals surface area (Å²) in [6.45, 7) is 4.00. The fraction of sp³-hybridized carbons (Fsp3) is 0.286. The molecule has 0 heterocycles. The highest BCUT2D eigenvalue weighted by Gasteiger charge is 2.30. The van der Waals surface area contributed by atoms with Gasteiger partial charge in [0.05, 0.1) is 11.1 Å². The first kappa shape index (κ1) is 11.1. The highest BCUT2D eigenvalue weighted by Crippen LogP contribution is 2.31. The third-order valence-electron chi connectivity index (χ3n) is 3.08. The summed E-state index contributed by atoms with van der Waals surface area (Å²) < 4.78 is 0. The summed E-state index contributed by atoms with van der Waals surface area (Å²) in [5.41, 5.74) is 13.8. The number of hydrogen-bond donors (Lipinski definition) is 2. The molecule has 0 amide bonds. The van der Waals surface area contributed by atoms with Crippen LogP contribution in [-0.2, 0) is 0 Å². The molecule has 0 aliphatic heterocycles. The van der Waals surface area contributed by atoms with Gasteiger partial charge in [0.15, 0.2) is 0 Å². The Morgan fingerprint density at radius 3 is 1.44 bits per heavy atom. The molecule has 2 rings (SSSR count). The van der Waals surface area contributed by atoms with Gasteiger partial charge in [-0.1, -0.05) is 48.6 Å². The van der Waals surface area contributed by atoms with Crippen LogP contribution >= 0.6 is 0 Å². The maximum absolute atomic E-state index is 6.26. The molecule has 0 aromatic rings. The van der Waals surface area contributed by atoms with Crippen molar-refractivity contribution in [3.8, 4) is 0 Å². The van der Waals surface area contributed by atoms with E-state index in [0.29, 0.717) is 0 Å². The van der Waals surface area contributed by atoms with Crippen molar-refractivity contribution < 1.29 is 0 Å². The standard InChI is InChI=1S/C14H18N2/c1-13(15)9-5-3-7-11(13)12-8-4-6-10-14(12,2)16/h3-10H,15-16H2,1-2H3/b12-11+. The zero-order valence-corrected chi connectivity index (χ0v) is 9.77. The predicted molar refractivity (Wildman–Crippen MR) is 68.8 cm³/mol. The van der Waals surface area contributed by atoms with E-state index in [0.717, 1.165) is 11.1 Å². The van der Waals surface area contributed by atoms with Crippen LogP contribution < -0.4 is 11.5 Å². The summed E-state index contributed by atoms with van der Waals surface area (Å²) in [4.78, 5) is 0. The maximum Gasteiger partial charge on any atom is 0.0573 e. The van der Waals surface area contributed by atoms with Crippen LogP contribution in [0.4, 0.5) is 0 Å². The maximum atomic E-state index is 6.26. The molecule has 0 saturated heterocycles. The Morgan fingerprint density at radius 1 is 0.750 bits per heavy atom. The molecule has 0 bridgehead atoms. The Balaban J connectivity index is 2.57. The SMILES string of the molecule is CC1(N)C=CC=C/C1=C1/C=CC=CC1(C)N. The molecule has 2 nitrogen and oxygen atoms in total. The van der Waals surface area contributed by atoms with Crippen molar-refractivity contribution in [3.05, 3.63) is 59.8 Å². The van der Waals surface area contributed by atoms with Crippen molar-refractivity contribution in [3.63, 3.8) is 0 Å². The zero-order valence-electron chi connectivity index (χ0n) is 9.77. The number of nitrogens with two attached hydrogens (primary N) is 2. The number of rotatable bonds is 0. The highest BCUT2D eigenvalue weighted by atomic mass is 14.8. The summed E-state index contributed by atoms with van der Waals surface area (Å²) in [6, 6.07) is 0. The molecule has 2 atom stereocenters. The molecule has 0 spiro atoms. The lowest BCUT2D eigenvalue weighted by atomic mass is 9.77. The lowest BCUT2D eigenvalue weighted by Crippen LogP contribution is -2.43. The van der Waals surface area contributed by atoms with Crippen LogP contribution in [0.15, 0.2) is 59.8 Å². The molecule has 0 aromatic heterocycles. The molecule has 2 aliphatic carbocycles. The summed E-state index contributed by atoms with van der Waals surface area (Å²) in [5.74, 6) is 0. The van der Waals surface area contributed by atoms with Crippen LogP contribution in [0, 0.1) is 0 Å². The Labute approximate surface area is 96.7 Å². The second-order valence-corrected chi connectivity index (χ2v) is 4.83. The monoisotopic (exact) mass is 214 g/mol. The van der Waals surface area contributed by atoms with Gasteiger partial charge in [-0.25, -0.2) is 0 Å². The van der Waals surface area contributed by atoms with Crippen molar-refractivity contribution in [1.29, 1.82) is 0 Å². The van der Waals surface area contributed by atoms with Crippen molar-refractivity contribution >= 4 is 0 Å². The van der Waals surface area contributed by atoms with Crippen LogP contribution in [0.25, 0.3) is 0 Å². The summed E-state index contributed by atoms with van der Waals surface area (Å²) in [7, 11) is 0. The summed E-state index contributed by atoms with van der Waals surface area (Å²) in [6.07, 6.45) is 16.0. The van der Waals surface area contributed by atoms with E-state index in [1.165, 1.54) is 0 Å². The first-order valence-corrected chi connectivity index (χ1v) is 5.48. The first-order chi connectivity index (χ1) is 7.43. The van der Waals surface area contributed by atoms with E-state index in [4.69, 9.17) is 11.5 Å². The summed E-state index contributed by atoms with van der Waals surface area (Å²) >= 11 is 0. The Bertz CT molecular complexity index is 401. The fourth-order valence-electron chi connectivity index (χ4n) is 2.11. The van der Waals surface area contributed by atoms with Crippen LogP contribution in [0.1, 0.15) is 13.8 Å². The molecule has 0 fully saturated rings. The van der Waals surface area contributed by atoms with E-state index in [9.17, 15) is 0 Å². The van der Waals surface area contributed by atoms with Gasteiger partial charge in [0.2, 0.25) is 0 Å². The smallest absolute Gasteiger partial charge is 0.0573 e. The third kappa shape index (κ3) is 1.82. The average molecular weight is 214 g/mol. The molecule has 0 aromatic carbocycles. The van der Waals surface area contributed by atoms with E-state index in [1.807, 2.05) is 62.5 Å². The van der Waals surface area contributed by atoms with E-state index < -0.39 is 11.1 Å². The number of hydrogen-bond acceptors (Lipinski definition) is 2. The minimum Gasteiger partial charge on any atom is -0.318 e. The lowest BCUT2D eigenvalue weighted by Gasteiger charge is -2.33. The van der Waals surface area contributed by atoms with E-state index >= 15 is 0 Å². The first-order valence-electron chi connectivity index (χ1n) is 5.48. The van der Waals surface area contributed by atoms with Gasteiger partial charge in [-0.05, 0) is 25.0 Å². The predicted octanol–water partition coefficient (Wildman–Crippen LogP) is 1.97. The van der Waals surface area contributed by atoms with Gasteiger partial charge in [0, 0.05) is 0 Å². The fourth-order valence-corrected chi connectivity index (χ4v) is 2.11. The normalized spacial score (nSPS) is 41.8. The van der Waals surface area contributed by atoms with Gasteiger partial charge in [-0.2, -0.15) is 0 Å². The van der Waals surface area contributed by atoms with Crippen LogP contribution in [0.2, 0.25) is 0 Å². The van der Waals surface area contributed by atoms with Crippen molar-refractivity contribution in [2.75, 3.05) is 0 Å². The van der Waals surface area contributed by atoms with Gasteiger partial charge < -0.3 is 11.5 Å². The second-order valence-electron chi connectivity index (χ2n) is 4.83. The molecule has 2 unspecified atom stereocenters. The largest absolute Gasteiger partial charge is 0.318 e. The minimum absolute atomic E-state index is 0.444. The van der Waals surface area contributed by atoms with Gasteiger partial charge in [-0.15, -0.1) is 0 Å². The van der Waals surface area contributed by atoms with Crippen LogP contribution in [-0.4, -0.2) is 11.1 Å². The minimum atomic E-state index is -0.444. The van der Waals surface area contributed by atoms with Crippen LogP contribution in [0.5, 0.6) is 0 Å². The van der Waals surface area contributed by atoms with Gasteiger partial charge in [0.1, 0.15) is 0 Å². The summed E-state index contributed by atoms with van der Waals surface area (Å²) in [5, 5.41) is 0. The van der Waals surface area contributed by atoms with Crippen molar-refractivity contribution in [2.45, 2.75) is 24.9 Å². The van der Waals surface area contributed by atoms with E-state index in [1.54, 1.807) is 0 Å². The zero-order chi connectivity index (χ0) is 11.8. The lowest BCUT2D eigenvalue weighted by molar-refractivity contribution is 0.639.